The Morgan fingerprint density at radius 3 is 2.56 bits per heavy atom. The van der Waals surface area contributed by atoms with Gasteiger partial charge in [0, 0.05) is 17.0 Å². The lowest BCUT2D eigenvalue weighted by Crippen LogP contribution is -2.23. The highest BCUT2D eigenvalue weighted by Crippen LogP contribution is 2.42. The number of pyridine rings is 1. The molecule has 32 heavy (non-hydrogen) atoms. The molecule has 3 aromatic rings. The van der Waals surface area contributed by atoms with E-state index >= 15 is 0 Å². The van der Waals surface area contributed by atoms with Crippen molar-refractivity contribution >= 4 is 39.1 Å². The van der Waals surface area contributed by atoms with Crippen LogP contribution in [-0.4, -0.2) is 26.6 Å². The van der Waals surface area contributed by atoms with Gasteiger partial charge in [-0.15, -0.1) is 11.3 Å². The van der Waals surface area contributed by atoms with Gasteiger partial charge in [0.1, 0.15) is 21.9 Å². The fraction of sp³-hybridized carbons (Fsp3) is 0.368. The van der Waals surface area contributed by atoms with Crippen molar-refractivity contribution in [3.8, 4) is 0 Å². The summed E-state index contributed by atoms with van der Waals surface area (Å²) in [6, 6.07) is 2.06. The van der Waals surface area contributed by atoms with Gasteiger partial charge in [-0.3, -0.25) is 14.3 Å². The van der Waals surface area contributed by atoms with E-state index in [2.05, 4.69) is 15.4 Å². The molecule has 1 saturated carbocycles. The average Bonchev–Trinajstić information content (AvgIpc) is 3.32. The van der Waals surface area contributed by atoms with Gasteiger partial charge in [0.25, 0.3) is 12.3 Å². The number of rotatable bonds is 6. The van der Waals surface area contributed by atoms with Crippen LogP contribution in [0.15, 0.2) is 12.1 Å². The minimum Gasteiger partial charge on any atom is -0.365 e. The third-order valence-corrected chi connectivity index (χ3v) is 6.08. The number of alkyl halides is 5. The molecular formula is C19H16F5N5O2S. The minimum atomic E-state index is -4.65. The van der Waals surface area contributed by atoms with E-state index in [0.717, 1.165) is 28.2 Å². The molecule has 0 aliphatic heterocycles. The second kappa shape index (κ2) is 7.80. The summed E-state index contributed by atoms with van der Waals surface area (Å²) in [6.45, 7) is 0.983. The largest absolute Gasteiger partial charge is 0.435 e. The zero-order valence-corrected chi connectivity index (χ0v) is 17.3. The fourth-order valence-corrected chi connectivity index (χ4v) is 4.50. The van der Waals surface area contributed by atoms with Crippen molar-refractivity contribution in [1.82, 2.24) is 14.8 Å². The van der Waals surface area contributed by atoms with E-state index < -0.39 is 42.3 Å². The molecule has 1 fully saturated rings. The number of primary amides is 1. The molecule has 7 nitrogen and oxygen atoms in total. The second-order valence-electron chi connectivity index (χ2n) is 7.45. The van der Waals surface area contributed by atoms with Gasteiger partial charge in [-0.1, -0.05) is 0 Å². The van der Waals surface area contributed by atoms with Crippen LogP contribution in [0.5, 0.6) is 0 Å². The van der Waals surface area contributed by atoms with Crippen LogP contribution in [0.25, 0.3) is 10.2 Å². The summed E-state index contributed by atoms with van der Waals surface area (Å²) < 4.78 is 66.4. The third-order valence-electron chi connectivity index (χ3n) is 4.98. The fourth-order valence-electron chi connectivity index (χ4n) is 3.43. The Morgan fingerprint density at radius 2 is 2.00 bits per heavy atom. The lowest BCUT2D eigenvalue weighted by Gasteiger charge is -2.10. The average molecular weight is 473 g/mol. The molecule has 0 saturated heterocycles. The normalized spacial score (nSPS) is 14.3. The van der Waals surface area contributed by atoms with Crippen LogP contribution in [0.3, 0.4) is 0 Å². The van der Waals surface area contributed by atoms with Gasteiger partial charge >= 0.3 is 6.18 Å². The molecule has 0 radical (unpaired) electrons. The standard InChI is InChI=1S/C19H16F5N5O2S/c1-7-4-9(16(20)21)26-18-13(7)14(15(32-18)17(25)31)27-12(30)6-29-10(8-2-3-8)5-11(28-29)19(22,23)24/h4-5,8,16H,2-3,6H2,1H3,(H2,25,31)(H,27,30). The van der Waals surface area contributed by atoms with Crippen molar-refractivity contribution in [3.05, 3.63) is 39.7 Å². The molecule has 0 atom stereocenters. The number of carbonyl (C=O) groups is 2. The van der Waals surface area contributed by atoms with Crippen molar-refractivity contribution in [2.24, 2.45) is 5.73 Å². The minimum absolute atomic E-state index is 0.00973. The highest BCUT2D eigenvalue weighted by atomic mass is 32.1. The van der Waals surface area contributed by atoms with E-state index in [4.69, 9.17) is 5.73 Å². The predicted molar refractivity (Wildman–Crippen MR) is 106 cm³/mol. The lowest BCUT2D eigenvalue weighted by atomic mass is 10.1. The molecule has 3 aromatic heterocycles. The second-order valence-corrected chi connectivity index (χ2v) is 8.45. The summed E-state index contributed by atoms with van der Waals surface area (Å²) in [5.41, 5.74) is 4.43. The lowest BCUT2D eigenvalue weighted by molar-refractivity contribution is -0.141. The molecule has 3 N–H and O–H groups in total. The number of thiophene rings is 1. The number of nitrogens with one attached hydrogen (secondary N) is 1. The van der Waals surface area contributed by atoms with Crippen LogP contribution in [0, 0.1) is 6.92 Å². The number of fused-ring (bicyclic) bond motifs is 1. The summed E-state index contributed by atoms with van der Waals surface area (Å²) in [6.07, 6.45) is -6.09. The number of carbonyl (C=O) groups excluding carboxylic acids is 2. The van der Waals surface area contributed by atoms with Crippen molar-refractivity contribution in [2.75, 3.05) is 5.32 Å². The first kappa shape index (κ1) is 22.1. The van der Waals surface area contributed by atoms with E-state index in [1.807, 2.05) is 0 Å². The topological polar surface area (TPSA) is 103 Å². The van der Waals surface area contributed by atoms with E-state index in [9.17, 15) is 31.5 Å². The number of hydrogen-bond donors (Lipinski definition) is 2. The molecule has 1 aliphatic carbocycles. The van der Waals surface area contributed by atoms with Crippen LogP contribution in [-0.2, 0) is 17.5 Å². The van der Waals surface area contributed by atoms with E-state index in [1.54, 1.807) is 0 Å². The van der Waals surface area contributed by atoms with Gasteiger partial charge < -0.3 is 11.1 Å². The van der Waals surface area contributed by atoms with E-state index in [-0.39, 0.29) is 26.7 Å². The summed E-state index contributed by atoms with van der Waals surface area (Å²) in [5, 5.41) is 6.28. The highest BCUT2D eigenvalue weighted by Gasteiger charge is 2.38. The summed E-state index contributed by atoms with van der Waals surface area (Å²) in [5.74, 6) is -1.75. The van der Waals surface area contributed by atoms with Gasteiger partial charge in [-0.25, -0.2) is 13.8 Å². The van der Waals surface area contributed by atoms with E-state index in [0.29, 0.717) is 24.1 Å². The Morgan fingerprint density at radius 1 is 1.31 bits per heavy atom. The van der Waals surface area contributed by atoms with Crippen LogP contribution < -0.4 is 11.1 Å². The Hall–Kier alpha value is -3.09. The van der Waals surface area contributed by atoms with E-state index in [1.165, 1.54) is 6.92 Å². The SMILES string of the molecule is Cc1cc(C(F)F)nc2sc(C(N)=O)c(NC(=O)Cn3nc(C(F)(F)F)cc3C3CC3)c12. The number of aromatic nitrogens is 3. The molecule has 1 aliphatic rings. The Bertz CT molecular complexity index is 1230. The van der Waals surface area contributed by atoms with Crippen LogP contribution in [0.4, 0.5) is 27.6 Å². The van der Waals surface area contributed by atoms with Gasteiger partial charge in [-0.2, -0.15) is 18.3 Å². The monoisotopic (exact) mass is 473 g/mol. The molecule has 0 unspecified atom stereocenters. The maximum atomic E-state index is 13.1. The number of nitrogens with zero attached hydrogens (tertiary/aromatic N) is 3. The molecule has 2 amide bonds. The molecule has 4 rings (SSSR count). The number of halogens is 5. The Labute approximate surface area is 181 Å². The van der Waals surface area contributed by atoms with Gasteiger partial charge in [0.05, 0.1) is 5.69 Å². The van der Waals surface area contributed by atoms with Crippen molar-refractivity contribution in [1.29, 1.82) is 0 Å². The van der Waals surface area contributed by atoms with Crippen molar-refractivity contribution in [3.63, 3.8) is 0 Å². The maximum Gasteiger partial charge on any atom is 0.435 e. The van der Waals surface area contributed by atoms with Crippen LogP contribution in [0.1, 0.15) is 57.5 Å². The van der Waals surface area contributed by atoms with Gasteiger partial charge in [0.2, 0.25) is 5.91 Å². The number of aryl methyl sites for hydroxylation is 1. The number of anilines is 1. The zero-order chi connectivity index (χ0) is 23.4. The van der Waals surface area contributed by atoms with Crippen molar-refractivity contribution < 1.29 is 31.5 Å². The first-order chi connectivity index (χ1) is 15.0. The Balaban J connectivity index is 1.68. The molecule has 0 spiro atoms. The molecule has 0 bridgehead atoms. The Kier molecular flexibility index (Phi) is 5.39. The number of amides is 2. The molecule has 0 aromatic carbocycles. The first-order valence-electron chi connectivity index (χ1n) is 9.42. The molecule has 170 valence electrons. The summed E-state index contributed by atoms with van der Waals surface area (Å²) in [7, 11) is 0. The third kappa shape index (κ3) is 4.16. The molecule has 13 heteroatoms. The highest BCUT2D eigenvalue weighted by molar-refractivity contribution is 7.21. The summed E-state index contributed by atoms with van der Waals surface area (Å²) >= 11 is 0.747. The van der Waals surface area contributed by atoms with Crippen LogP contribution >= 0.6 is 11.3 Å². The maximum absolute atomic E-state index is 13.1. The van der Waals surface area contributed by atoms with Crippen molar-refractivity contribution in [2.45, 2.75) is 44.8 Å². The first-order valence-corrected chi connectivity index (χ1v) is 10.2. The summed E-state index contributed by atoms with van der Waals surface area (Å²) in [4.78, 5) is 28.4. The van der Waals surface area contributed by atoms with Gasteiger partial charge in [0.15, 0.2) is 5.69 Å². The predicted octanol–water partition coefficient (Wildman–Crippen LogP) is 4.37. The smallest absolute Gasteiger partial charge is 0.365 e. The zero-order valence-electron chi connectivity index (χ0n) is 16.5. The molecular weight excluding hydrogens is 457 g/mol. The van der Waals surface area contributed by atoms with Crippen LogP contribution in [0.2, 0.25) is 0 Å². The number of nitrogens with two attached hydrogens (primary N) is 1. The number of hydrogen-bond acceptors (Lipinski definition) is 5. The van der Waals surface area contributed by atoms with Gasteiger partial charge in [-0.05, 0) is 37.5 Å². The molecule has 3 heterocycles. The quantitative estimate of drug-likeness (QED) is 0.519.